The van der Waals surface area contributed by atoms with Crippen molar-refractivity contribution in [2.24, 2.45) is 5.73 Å². The maximum atomic E-state index is 13.9. The first-order valence-electron chi connectivity index (χ1n) is 6.22. The van der Waals surface area contributed by atoms with Crippen LogP contribution in [0.4, 0.5) is 8.78 Å². The van der Waals surface area contributed by atoms with Gasteiger partial charge in [-0.05, 0) is 42.8 Å². The monoisotopic (exact) mass is 277 g/mol. The van der Waals surface area contributed by atoms with E-state index in [2.05, 4.69) is 0 Å². The van der Waals surface area contributed by atoms with Gasteiger partial charge in [-0.15, -0.1) is 0 Å². The van der Waals surface area contributed by atoms with E-state index in [9.17, 15) is 8.78 Å². The lowest BCUT2D eigenvalue weighted by Gasteiger charge is -2.09. The Labute approximate surface area is 114 Å². The van der Waals surface area contributed by atoms with E-state index >= 15 is 0 Å². The molecule has 1 heterocycles. The van der Waals surface area contributed by atoms with Crippen LogP contribution in [0, 0.1) is 18.6 Å². The zero-order valence-electron chi connectivity index (χ0n) is 10.8. The second-order valence-electron chi connectivity index (χ2n) is 4.66. The van der Waals surface area contributed by atoms with Crippen LogP contribution in [0.2, 0.25) is 0 Å². The van der Waals surface area contributed by atoms with Gasteiger partial charge < -0.3 is 15.2 Å². The number of rotatable bonds is 2. The highest BCUT2D eigenvalue weighted by Gasteiger charge is 2.27. The van der Waals surface area contributed by atoms with Crippen molar-refractivity contribution < 1.29 is 18.3 Å². The number of halogens is 2. The molecule has 0 saturated heterocycles. The van der Waals surface area contributed by atoms with Gasteiger partial charge in [-0.1, -0.05) is 0 Å². The van der Waals surface area contributed by atoms with Crippen LogP contribution >= 0.6 is 0 Å². The van der Waals surface area contributed by atoms with Crippen LogP contribution in [0.1, 0.15) is 5.56 Å². The minimum atomic E-state index is -0.595. The molecule has 0 fully saturated rings. The Morgan fingerprint density at radius 3 is 2.65 bits per heavy atom. The van der Waals surface area contributed by atoms with Crippen LogP contribution in [0.15, 0.2) is 30.3 Å². The van der Waals surface area contributed by atoms with Crippen molar-refractivity contribution in [1.82, 2.24) is 0 Å². The first-order valence-corrected chi connectivity index (χ1v) is 6.22. The number of hydrogen-bond acceptors (Lipinski definition) is 3. The van der Waals surface area contributed by atoms with Crippen LogP contribution in [-0.4, -0.2) is 12.8 Å². The summed E-state index contributed by atoms with van der Waals surface area (Å²) in [7, 11) is 0. The molecule has 1 unspecified atom stereocenters. The SMILES string of the molecule is Cc1cc2c(c(-c3cc(F)ccc3F)c1)OC(CN)O2. The number of nitrogens with two attached hydrogens (primary N) is 1. The molecule has 1 aliphatic heterocycles. The maximum absolute atomic E-state index is 13.9. The fraction of sp³-hybridized carbons (Fsp3) is 0.200. The second kappa shape index (κ2) is 4.76. The van der Waals surface area contributed by atoms with Gasteiger partial charge in [0, 0.05) is 11.1 Å². The van der Waals surface area contributed by atoms with Gasteiger partial charge in [0.1, 0.15) is 11.6 Å². The fourth-order valence-corrected chi connectivity index (χ4v) is 2.25. The Morgan fingerprint density at radius 2 is 1.90 bits per heavy atom. The van der Waals surface area contributed by atoms with E-state index in [4.69, 9.17) is 15.2 Å². The molecule has 0 aromatic heterocycles. The third-order valence-corrected chi connectivity index (χ3v) is 3.12. The molecular weight excluding hydrogens is 264 g/mol. The predicted octanol–water partition coefficient (Wildman–Crippen LogP) is 3.00. The number of ether oxygens (including phenoxy) is 2. The van der Waals surface area contributed by atoms with Gasteiger partial charge in [-0.3, -0.25) is 0 Å². The van der Waals surface area contributed by atoms with Crippen LogP contribution in [0.5, 0.6) is 11.5 Å². The molecule has 2 aromatic carbocycles. The van der Waals surface area contributed by atoms with Gasteiger partial charge in [0.05, 0.1) is 6.54 Å². The molecule has 0 aliphatic carbocycles. The quantitative estimate of drug-likeness (QED) is 0.917. The van der Waals surface area contributed by atoms with Crippen molar-refractivity contribution in [3.05, 3.63) is 47.5 Å². The zero-order valence-corrected chi connectivity index (χ0v) is 10.8. The molecule has 1 aliphatic rings. The number of benzene rings is 2. The van der Waals surface area contributed by atoms with E-state index in [-0.39, 0.29) is 12.1 Å². The fourth-order valence-electron chi connectivity index (χ4n) is 2.25. The van der Waals surface area contributed by atoms with Gasteiger partial charge >= 0.3 is 0 Å². The molecule has 20 heavy (non-hydrogen) atoms. The molecular formula is C15H13F2NO2. The summed E-state index contributed by atoms with van der Waals surface area (Å²) in [4.78, 5) is 0. The van der Waals surface area contributed by atoms with E-state index in [1.807, 2.05) is 6.92 Å². The first kappa shape index (κ1) is 12.9. The zero-order chi connectivity index (χ0) is 14.3. The van der Waals surface area contributed by atoms with E-state index < -0.39 is 17.9 Å². The number of aryl methyl sites for hydroxylation is 1. The molecule has 3 rings (SSSR count). The van der Waals surface area contributed by atoms with Crippen molar-refractivity contribution >= 4 is 0 Å². The lowest BCUT2D eigenvalue weighted by atomic mass is 10.0. The minimum Gasteiger partial charge on any atom is -0.450 e. The van der Waals surface area contributed by atoms with E-state index in [1.54, 1.807) is 12.1 Å². The van der Waals surface area contributed by atoms with Crippen molar-refractivity contribution in [3.63, 3.8) is 0 Å². The second-order valence-corrected chi connectivity index (χ2v) is 4.66. The summed E-state index contributed by atoms with van der Waals surface area (Å²) in [6.07, 6.45) is -0.595. The van der Waals surface area contributed by atoms with Gasteiger partial charge in [0.15, 0.2) is 11.5 Å². The van der Waals surface area contributed by atoms with Gasteiger partial charge in [-0.2, -0.15) is 0 Å². The molecule has 3 nitrogen and oxygen atoms in total. The third-order valence-electron chi connectivity index (χ3n) is 3.12. The highest BCUT2D eigenvalue weighted by molar-refractivity contribution is 5.76. The summed E-state index contributed by atoms with van der Waals surface area (Å²) >= 11 is 0. The Morgan fingerprint density at radius 1 is 1.10 bits per heavy atom. The molecule has 5 heteroatoms. The molecule has 0 bridgehead atoms. The summed E-state index contributed by atoms with van der Waals surface area (Å²) in [6.45, 7) is 2.03. The molecule has 0 saturated carbocycles. The van der Waals surface area contributed by atoms with Crippen LogP contribution in [-0.2, 0) is 0 Å². The minimum absolute atomic E-state index is 0.145. The summed E-state index contributed by atoms with van der Waals surface area (Å²) in [5.41, 5.74) is 6.98. The molecule has 2 aromatic rings. The van der Waals surface area contributed by atoms with Crippen LogP contribution < -0.4 is 15.2 Å². The average Bonchev–Trinajstić information content (AvgIpc) is 2.83. The van der Waals surface area contributed by atoms with Gasteiger partial charge in [0.25, 0.3) is 6.29 Å². The molecule has 104 valence electrons. The summed E-state index contributed by atoms with van der Waals surface area (Å²) < 4.78 is 38.4. The topological polar surface area (TPSA) is 44.5 Å². The van der Waals surface area contributed by atoms with E-state index in [0.29, 0.717) is 17.1 Å². The van der Waals surface area contributed by atoms with Crippen molar-refractivity contribution in [3.8, 4) is 22.6 Å². The standard InChI is InChI=1S/C15H13F2NO2/c1-8-4-11(10-6-9(16)2-3-12(10)17)15-13(5-8)19-14(7-18)20-15/h2-6,14H,7,18H2,1H3. The largest absolute Gasteiger partial charge is 0.450 e. The van der Waals surface area contributed by atoms with Crippen LogP contribution in [0.25, 0.3) is 11.1 Å². The third kappa shape index (κ3) is 2.10. The van der Waals surface area contributed by atoms with Crippen LogP contribution in [0.3, 0.4) is 0 Å². The Balaban J connectivity index is 2.18. The summed E-state index contributed by atoms with van der Waals surface area (Å²) in [6, 6.07) is 6.83. The lowest BCUT2D eigenvalue weighted by molar-refractivity contribution is 0.0583. The molecule has 0 amide bonds. The average molecular weight is 277 g/mol. The Kier molecular flexibility index (Phi) is 3.06. The van der Waals surface area contributed by atoms with E-state index in [0.717, 1.165) is 23.8 Å². The predicted molar refractivity (Wildman–Crippen MR) is 70.6 cm³/mol. The highest BCUT2D eigenvalue weighted by atomic mass is 19.1. The summed E-state index contributed by atoms with van der Waals surface area (Å²) in [5, 5.41) is 0. The van der Waals surface area contributed by atoms with Gasteiger partial charge in [-0.25, -0.2) is 8.78 Å². The Bertz CT molecular complexity index is 673. The highest BCUT2D eigenvalue weighted by Crippen LogP contribution is 2.44. The summed E-state index contributed by atoms with van der Waals surface area (Å²) in [5.74, 6) is -0.125. The van der Waals surface area contributed by atoms with Crippen molar-refractivity contribution in [2.45, 2.75) is 13.2 Å². The van der Waals surface area contributed by atoms with E-state index in [1.165, 1.54) is 0 Å². The van der Waals surface area contributed by atoms with Crippen molar-refractivity contribution in [2.75, 3.05) is 6.54 Å². The number of fused-ring (bicyclic) bond motifs is 1. The molecule has 2 N–H and O–H groups in total. The maximum Gasteiger partial charge on any atom is 0.253 e. The molecule has 0 radical (unpaired) electrons. The lowest BCUT2D eigenvalue weighted by Crippen LogP contribution is -2.28. The molecule has 0 spiro atoms. The smallest absolute Gasteiger partial charge is 0.253 e. The number of hydrogen-bond donors (Lipinski definition) is 1. The Hall–Kier alpha value is -2.14. The van der Waals surface area contributed by atoms with Crippen molar-refractivity contribution in [1.29, 1.82) is 0 Å². The first-order chi connectivity index (χ1) is 9.58. The van der Waals surface area contributed by atoms with Gasteiger partial charge in [0.2, 0.25) is 0 Å². The molecule has 1 atom stereocenters. The normalized spacial score (nSPS) is 16.5.